The second-order valence-electron chi connectivity index (χ2n) is 3.87. The topological polar surface area (TPSA) is 46.3 Å². The van der Waals surface area contributed by atoms with Crippen molar-refractivity contribution in [3.8, 4) is 0 Å². The summed E-state index contributed by atoms with van der Waals surface area (Å²) in [6.45, 7) is 3.72. The molecular weight excluding hydrogens is 164 g/mol. The molecule has 0 radical (unpaired) electrons. The number of carbonyl (C=O) groups is 1. The number of rotatable bonds is 5. The van der Waals surface area contributed by atoms with Gasteiger partial charge >= 0.3 is 0 Å². The van der Waals surface area contributed by atoms with Crippen molar-refractivity contribution in [1.29, 1.82) is 0 Å². The van der Waals surface area contributed by atoms with E-state index in [0.29, 0.717) is 6.42 Å². The van der Waals surface area contributed by atoms with Gasteiger partial charge in [-0.25, -0.2) is 0 Å². The number of unbranched alkanes of at least 4 members (excludes halogenated alkanes) is 3. The zero-order valence-electron chi connectivity index (χ0n) is 8.46. The van der Waals surface area contributed by atoms with E-state index in [-0.39, 0.29) is 11.9 Å². The van der Waals surface area contributed by atoms with Crippen molar-refractivity contribution < 1.29 is 4.79 Å². The molecule has 0 aliphatic carbocycles. The number of amides is 1. The number of hydrogen-bond donors (Lipinski definition) is 1. The highest BCUT2D eigenvalue weighted by Gasteiger charge is 2.26. The molecular formula is C10H20N2O. The molecule has 0 aromatic rings. The Morgan fingerprint density at radius 2 is 2.08 bits per heavy atom. The molecule has 0 unspecified atom stereocenters. The quantitative estimate of drug-likeness (QED) is 0.651. The maximum atomic E-state index is 11.4. The Labute approximate surface area is 80.3 Å². The minimum atomic E-state index is 0.236. The highest BCUT2D eigenvalue weighted by molar-refractivity contribution is 5.77. The lowest BCUT2D eigenvalue weighted by Crippen LogP contribution is -2.57. The van der Waals surface area contributed by atoms with Gasteiger partial charge in [-0.2, -0.15) is 0 Å². The van der Waals surface area contributed by atoms with E-state index < -0.39 is 0 Å². The Balaban J connectivity index is 1.99. The molecule has 2 N–H and O–H groups in total. The first kappa shape index (κ1) is 10.5. The highest BCUT2D eigenvalue weighted by Crippen LogP contribution is 2.10. The van der Waals surface area contributed by atoms with Crippen LogP contribution >= 0.6 is 0 Å². The maximum absolute atomic E-state index is 11.4. The van der Waals surface area contributed by atoms with Gasteiger partial charge in [-0.3, -0.25) is 4.79 Å². The second-order valence-corrected chi connectivity index (χ2v) is 3.87. The molecule has 13 heavy (non-hydrogen) atoms. The second kappa shape index (κ2) is 5.22. The average Bonchev–Trinajstić information content (AvgIpc) is 2.07. The van der Waals surface area contributed by atoms with Gasteiger partial charge in [-0.05, 0) is 6.42 Å². The van der Waals surface area contributed by atoms with Gasteiger partial charge < -0.3 is 10.6 Å². The van der Waals surface area contributed by atoms with Crippen LogP contribution in [0.15, 0.2) is 0 Å². The molecule has 1 fully saturated rings. The van der Waals surface area contributed by atoms with E-state index in [0.717, 1.165) is 19.5 Å². The van der Waals surface area contributed by atoms with Crippen LogP contribution in [0.2, 0.25) is 0 Å². The van der Waals surface area contributed by atoms with E-state index >= 15 is 0 Å². The van der Waals surface area contributed by atoms with Crippen molar-refractivity contribution in [2.24, 2.45) is 5.73 Å². The molecule has 0 aromatic heterocycles. The summed E-state index contributed by atoms with van der Waals surface area (Å²) in [5, 5.41) is 0. The van der Waals surface area contributed by atoms with Crippen LogP contribution in [-0.2, 0) is 4.79 Å². The highest BCUT2D eigenvalue weighted by atomic mass is 16.2. The first-order chi connectivity index (χ1) is 6.24. The SMILES string of the molecule is CCCCCCC(=O)N1CC(N)C1. The molecule has 0 bridgehead atoms. The molecule has 0 saturated carbocycles. The Bertz CT molecular complexity index is 164. The Morgan fingerprint density at radius 3 is 2.62 bits per heavy atom. The summed E-state index contributed by atoms with van der Waals surface area (Å²) in [6.07, 6.45) is 5.41. The normalized spacial score (nSPS) is 17.2. The zero-order valence-corrected chi connectivity index (χ0v) is 8.46. The number of carbonyl (C=O) groups excluding carboxylic acids is 1. The van der Waals surface area contributed by atoms with Gasteiger partial charge in [0.15, 0.2) is 0 Å². The molecule has 76 valence electrons. The van der Waals surface area contributed by atoms with Crippen molar-refractivity contribution in [2.75, 3.05) is 13.1 Å². The zero-order chi connectivity index (χ0) is 9.68. The summed E-state index contributed by atoms with van der Waals surface area (Å²) < 4.78 is 0. The van der Waals surface area contributed by atoms with Crippen molar-refractivity contribution in [1.82, 2.24) is 4.90 Å². The smallest absolute Gasteiger partial charge is 0.222 e. The van der Waals surface area contributed by atoms with Gasteiger partial charge in [0, 0.05) is 25.6 Å². The lowest BCUT2D eigenvalue weighted by Gasteiger charge is -2.36. The van der Waals surface area contributed by atoms with Crippen LogP contribution in [0.25, 0.3) is 0 Å². The van der Waals surface area contributed by atoms with E-state index in [1.807, 2.05) is 4.90 Å². The Hall–Kier alpha value is -0.570. The molecule has 0 atom stereocenters. The van der Waals surface area contributed by atoms with Crippen LogP contribution in [0.3, 0.4) is 0 Å². The number of nitrogens with two attached hydrogens (primary N) is 1. The summed E-state index contributed by atoms with van der Waals surface area (Å²) in [5.74, 6) is 0.290. The fourth-order valence-corrected chi connectivity index (χ4v) is 1.58. The monoisotopic (exact) mass is 184 g/mol. The minimum absolute atomic E-state index is 0.236. The van der Waals surface area contributed by atoms with Crippen LogP contribution < -0.4 is 5.73 Å². The molecule has 3 heteroatoms. The summed E-state index contributed by atoms with van der Waals surface area (Å²) in [6, 6.07) is 0.236. The summed E-state index contributed by atoms with van der Waals surface area (Å²) in [5.41, 5.74) is 5.59. The van der Waals surface area contributed by atoms with Gasteiger partial charge in [0.1, 0.15) is 0 Å². The Kier molecular flexibility index (Phi) is 4.22. The van der Waals surface area contributed by atoms with E-state index in [9.17, 15) is 4.79 Å². The molecule has 0 aromatic carbocycles. The first-order valence-corrected chi connectivity index (χ1v) is 5.27. The number of likely N-dealkylation sites (tertiary alicyclic amines) is 1. The van der Waals surface area contributed by atoms with E-state index in [1.165, 1.54) is 19.3 Å². The number of hydrogen-bond acceptors (Lipinski definition) is 2. The lowest BCUT2D eigenvalue weighted by molar-refractivity contribution is -0.135. The third-order valence-electron chi connectivity index (χ3n) is 2.51. The molecule has 3 nitrogen and oxygen atoms in total. The number of nitrogens with zero attached hydrogens (tertiary/aromatic N) is 1. The van der Waals surface area contributed by atoms with Gasteiger partial charge in [0.2, 0.25) is 5.91 Å². The van der Waals surface area contributed by atoms with E-state index in [2.05, 4.69) is 6.92 Å². The van der Waals surface area contributed by atoms with E-state index in [4.69, 9.17) is 5.73 Å². The van der Waals surface area contributed by atoms with Crippen LogP contribution in [-0.4, -0.2) is 29.9 Å². The van der Waals surface area contributed by atoms with Gasteiger partial charge in [-0.15, -0.1) is 0 Å². The summed E-state index contributed by atoms with van der Waals surface area (Å²) in [4.78, 5) is 13.3. The predicted molar refractivity (Wildman–Crippen MR) is 53.3 cm³/mol. The lowest BCUT2D eigenvalue weighted by atomic mass is 10.1. The van der Waals surface area contributed by atoms with Gasteiger partial charge in [0.25, 0.3) is 0 Å². The molecule has 1 saturated heterocycles. The molecule has 1 amide bonds. The fourth-order valence-electron chi connectivity index (χ4n) is 1.58. The summed E-state index contributed by atoms with van der Waals surface area (Å²) >= 11 is 0. The minimum Gasteiger partial charge on any atom is -0.339 e. The van der Waals surface area contributed by atoms with Crippen molar-refractivity contribution >= 4 is 5.91 Å². The van der Waals surface area contributed by atoms with Crippen LogP contribution in [0.1, 0.15) is 39.0 Å². The van der Waals surface area contributed by atoms with Crippen molar-refractivity contribution in [3.63, 3.8) is 0 Å². The standard InChI is InChI=1S/C10H20N2O/c1-2-3-4-5-6-10(13)12-7-9(11)8-12/h9H,2-8,11H2,1H3. The van der Waals surface area contributed by atoms with Crippen LogP contribution in [0.4, 0.5) is 0 Å². The first-order valence-electron chi connectivity index (χ1n) is 5.27. The molecule has 1 aliphatic heterocycles. The fraction of sp³-hybridized carbons (Fsp3) is 0.900. The Morgan fingerprint density at radius 1 is 1.38 bits per heavy atom. The van der Waals surface area contributed by atoms with Gasteiger partial charge in [-0.1, -0.05) is 26.2 Å². The van der Waals surface area contributed by atoms with Crippen LogP contribution in [0.5, 0.6) is 0 Å². The molecule has 1 rings (SSSR count). The molecule has 1 heterocycles. The summed E-state index contributed by atoms with van der Waals surface area (Å²) in [7, 11) is 0. The van der Waals surface area contributed by atoms with Gasteiger partial charge in [0.05, 0.1) is 0 Å². The third kappa shape index (κ3) is 3.35. The van der Waals surface area contributed by atoms with Crippen molar-refractivity contribution in [2.45, 2.75) is 45.1 Å². The largest absolute Gasteiger partial charge is 0.339 e. The predicted octanol–water partition coefficient (Wildman–Crippen LogP) is 1.13. The molecule has 0 spiro atoms. The molecule has 1 aliphatic rings. The third-order valence-corrected chi connectivity index (χ3v) is 2.51. The van der Waals surface area contributed by atoms with Crippen molar-refractivity contribution in [3.05, 3.63) is 0 Å². The van der Waals surface area contributed by atoms with Crippen LogP contribution in [0, 0.1) is 0 Å². The maximum Gasteiger partial charge on any atom is 0.222 e. The average molecular weight is 184 g/mol. The van der Waals surface area contributed by atoms with E-state index in [1.54, 1.807) is 0 Å².